The zero-order valence-corrected chi connectivity index (χ0v) is 11.6. The van der Waals surface area contributed by atoms with Crippen molar-refractivity contribution in [1.29, 1.82) is 0 Å². The molecule has 1 aromatic carbocycles. The Balaban J connectivity index is 2.43. The summed E-state index contributed by atoms with van der Waals surface area (Å²) in [6, 6.07) is 6.16. The van der Waals surface area contributed by atoms with Crippen molar-refractivity contribution in [2.75, 3.05) is 4.72 Å². The fourth-order valence-corrected chi connectivity index (χ4v) is 3.08. The van der Waals surface area contributed by atoms with Gasteiger partial charge in [-0.15, -0.1) is 0 Å². The van der Waals surface area contributed by atoms with Crippen LogP contribution < -0.4 is 10.5 Å². The molecule has 0 bridgehead atoms. The van der Waals surface area contributed by atoms with Crippen molar-refractivity contribution in [2.45, 2.75) is 18.4 Å². The quantitative estimate of drug-likeness (QED) is 0.900. The monoisotopic (exact) mass is 295 g/mol. The third-order valence-electron chi connectivity index (χ3n) is 2.79. The van der Waals surface area contributed by atoms with E-state index in [1.807, 2.05) is 0 Å². The number of rotatable bonds is 4. The molecule has 7 heteroatoms. The van der Waals surface area contributed by atoms with Crippen LogP contribution in [0, 0.1) is 12.7 Å². The van der Waals surface area contributed by atoms with Crippen molar-refractivity contribution in [3.8, 4) is 0 Å². The predicted octanol–water partition coefficient (Wildman–Crippen LogP) is 1.79. The van der Waals surface area contributed by atoms with E-state index in [1.54, 1.807) is 19.1 Å². The molecule has 1 heterocycles. The van der Waals surface area contributed by atoms with E-state index in [0.29, 0.717) is 11.1 Å². The number of sulfonamides is 1. The third kappa shape index (κ3) is 2.94. The second-order valence-corrected chi connectivity index (χ2v) is 5.92. The predicted molar refractivity (Wildman–Crippen MR) is 74.1 cm³/mol. The molecule has 0 aliphatic carbocycles. The number of halogens is 1. The first-order valence-electron chi connectivity index (χ1n) is 5.86. The van der Waals surface area contributed by atoms with Gasteiger partial charge in [0.15, 0.2) is 5.82 Å². The number of anilines is 1. The van der Waals surface area contributed by atoms with Crippen LogP contribution in [-0.4, -0.2) is 13.4 Å². The van der Waals surface area contributed by atoms with Gasteiger partial charge in [0.1, 0.15) is 0 Å². The Morgan fingerprint density at radius 3 is 2.75 bits per heavy atom. The van der Waals surface area contributed by atoms with Gasteiger partial charge in [-0.3, -0.25) is 9.71 Å². The molecule has 0 aliphatic rings. The third-order valence-corrected chi connectivity index (χ3v) is 4.30. The summed E-state index contributed by atoms with van der Waals surface area (Å²) in [5, 5.41) is 0. The van der Waals surface area contributed by atoms with Crippen LogP contribution in [0.3, 0.4) is 0 Å². The zero-order chi connectivity index (χ0) is 14.8. The summed E-state index contributed by atoms with van der Waals surface area (Å²) in [7, 11) is -3.87. The Hall–Kier alpha value is -1.99. The molecule has 2 aromatic rings. The number of nitrogens with one attached hydrogen (secondary N) is 1. The maximum atomic E-state index is 13.5. The first kappa shape index (κ1) is 14.4. The van der Waals surface area contributed by atoms with Crippen LogP contribution in [0.1, 0.15) is 11.1 Å². The van der Waals surface area contributed by atoms with Crippen LogP contribution in [0.4, 0.5) is 10.1 Å². The number of aromatic nitrogens is 1. The summed E-state index contributed by atoms with van der Waals surface area (Å²) < 4.78 is 40.3. The van der Waals surface area contributed by atoms with Crippen LogP contribution in [0.5, 0.6) is 0 Å². The second-order valence-electron chi connectivity index (χ2n) is 4.26. The summed E-state index contributed by atoms with van der Waals surface area (Å²) in [6.07, 6.45) is 2.26. The van der Waals surface area contributed by atoms with Crippen molar-refractivity contribution in [2.24, 2.45) is 5.73 Å². The van der Waals surface area contributed by atoms with Gasteiger partial charge in [-0.2, -0.15) is 0 Å². The Labute approximate surface area is 116 Å². The summed E-state index contributed by atoms with van der Waals surface area (Å²) >= 11 is 0. The first-order valence-corrected chi connectivity index (χ1v) is 7.34. The topological polar surface area (TPSA) is 85.1 Å². The van der Waals surface area contributed by atoms with Crippen molar-refractivity contribution >= 4 is 15.7 Å². The van der Waals surface area contributed by atoms with Gasteiger partial charge in [-0.25, -0.2) is 12.8 Å². The summed E-state index contributed by atoms with van der Waals surface area (Å²) in [5.41, 5.74) is 6.61. The van der Waals surface area contributed by atoms with Crippen LogP contribution in [0.2, 0.25) is 0 Å². The lowest BCUT2D eigenvalue weighted by Gasteiger charge is -2.11. The maximum absolute atomic E-state index is 13.5. The van der Waals surface area contributed by atoms with Gasteiger partial charge in [0.25, 0.3) is 10.0 Å². The Bertz CT molecular complexity index is 732. The standard InChI is InChI=1S/C13H14FN3O2S/c1-9-2-3-10(7-15)6-13(9)20(18,19)17-12-4-5-16-8-11(12)14/h2-6,8H,7,15H2,1H3,(H,16,17). The normalized spacial score (nSPS) is 11.3. The molecule has 3 N–H and O–H groups in total. The molecule has 0 aliphatic heterocycles. The van der Waals surface area contributed by atoms with E-state index in [-0.39, 0.29) is 17.1 Å². The SMILES string of the molecule is Cc1ccc(CN)cc1S(=O)(=O)Nc1ccncc1F. The molecule has 0 radical (unpaired) electrons. The van der Waals surface area contributed by atoms with Crippen LogP contribution >= 0.6 is 0 Å². The van der Waals surface area contributed by atoms with Crippen molar-refractivity contribution in [3.05, 3.63) is 53.6 Å². The van der Waals surface area contributed by atoms with E-state index < -0.39 is 15.8 Å². The van der Waals surface area contributed by atoms with Gasteiger partial charge in [-0.1, -0.05) is 12.1 Å². The Morgan fingerprint density at radius 2 is 2.10 bits per heavy atom. The minimum atomic E-state index is -3.87. The molecular weight excluding hydrogens is 281 g/mol. The van der Waals surface area contributed by atoms with Crippen molar-refractivity contribution in [3.63, 3.8) is 0 Å². The molecular formula is C13H14FN3O2S. The Morgan fingerprint density at radius 1 is 1.35 bits per heavy atom. The van der Waals surface area contributed by atoms with Gasteiger partial charge < -0.3 is 5.73 Å². The molecule has 0 unspecified atom stereocenters. The highest BCUT2D eigenvalue weighted by molar-refractivity contribution is 7.92. The molecule has 0 fully saturated rings. The highest BCUT2D eigenvalue weighted by Crippen LogP contribution is 2.21. The van der Waals surface area contributed by atoms with Crippen LogP contribution in [0.15, 0.2) is 41.6 Å². The van der Waals surface area contributed by atoms with E-state index in [0.717, 1.165) is 6.20 Å². The van der Waals surface area contributed by atoms with Gasteiger partial charge >= 0.3 is 0 Å². The fourth-order valence-electron chi connectivity index (χ4n) is 1.72. The molecule has 0 saturated heterocycles. The lowest BCUT2D eigenvalue weighted by Crippen LogP contribution is -2.16. The molecule has 0 atom stereocenters. The second kappa shape index (κ2) is 5.56. The van der Waals surface area contributed by atoms with E-state index in [1.165, 1.54) is 18.3 Å². The number of hydrogen-bond donors (Lipinski definition) is 2. The highest BCUT2D eigenvalue weighted by Gasteiger charge is 2.19. The minimum Gasteiger partial charge on any atom is -0.326 e. The van der Waals surface area contributed by atoms with E-state index in [2.05, 4.69) is 9.71 Å². The fraction of sp³-hybridized carbons (Fsp3) is 0.154. The van der Waals surface area contributed by atoms with E-state index in [9.17, 15) is 12.8 Å². The van der Waals surface area contributed by atoms with E-state index in [4.69, 9.17) is 5.73 Å². The van der Waals surface area contributed by atoms with Crippen LogP contribution in [0.25, 0.3) is 0 Å². The first-order chi connectivity index (χ1) is 9.44. The lowest BCUT2D eigenvalue weighted by atomic mass is 10.1. The average Bonchev–Trinajstić information content (AvgIpc) is 2.41. The van der Waals surface area contributed by atoms with Gasteiger partial charge in [0.2, 0.25) is 0 Å². The van der Waals surface area contributed by atoms with E-state index >= 15 is 0 Å². The molecule has 106 valence electrons. The molecule has 5 nitrogen and oxygen atoms in total. The Kier molecular flexibility index (Phi) is 4.01. The molecule has 2 rings (SSSR count). The van der Waals surface area contributed by atoms with Gasteiger partial charge in [0.05, 0.1) is 16.8 Å². The molecule has 20 heavy (non-hydrogen) atoms. The molecule has 1 aromatic heterocycles. The number of aryl methyl sites for hydroxylation is 1. The highest BCUT2D eigenvalue weighted by atomic mass is 32.2. The maximum Gasteiger partial charge on any atom is 0.262 e. The van der Waals surface area contributed by atoms with Crippen LogP contribution in [-0.2, 0) is 16.6 Å². The number of hydrogen-bond acceptors (Lipinski definition) is 4. The minimum absolute atomic E-state index is 0.0802. The van der Waals surface area contributed by atoms with Gasteiger partial charge in [0, 0.05) is 12.7 Å². The number of nitrogens with two attached hydrogens (primary N) is 1. The van der Waals surface area contributed by atoms with Gasteiger partial charge in [-0.05, 0) is 30.2 Å². The van der Waals surface area contributed by atoms with Crippen molar-refractivity contribution in [1.82, 2.24) is 4.98 Å². The molecule has 0 spiro atoms. The average molecular weight is 295 g/mol. The number of benzene rings is 1. The molecule has 0 amide bonds. The summed E-state index contributed by atoms with van der Waals surface area (Å²) in [6.45, 7) is 1.89. The lowest BCUT2D eigenvalue weighted by molar-refractivity contribution is 0.597. The smallest absolute Gasteiger partial charge is 0.262 e. The number of pyridine rings is 1. The number of nitrogens with zero attached hydrogens (tertiary/aromatic N) is 1. The largest absolute Gasteiger partial charge is 0.326 e. The molecule has 0 saturated carbocycles. The zero-order valence-electron chi connectivity index (χ0n) is 10.8. The summed E-state index contributed by atoms with van der Waals surface area (Å²) in [5.74, 6) is -0.733. The summed E-state index contributed by atoms with van der Waals surface area (Å²) in [4.78, 5) is 3.65. The van der Waals surface area contributed by atoms with Crippen molar-refractivity contribution < 1.29 is 12.8 Å².